The van der Waals surface area contributed by atoms with Crippen molar-refractivity contribution in [3.63, 3.8) is 0 Å². The fourth-order valence-electron chi connectivity index (χ4n) is 4.45. The molecule has 2 heterocycles. The van der Waals surface area contributed by atoms with Crippen molar-refractivity contribution in [2.75, 3.05) is 32.7 Å². The first-order valence-corrected chi connectivity index (χ1v) is 11.1. The molecule has 2 amide bonds. The van der Waals surface area contributed by atoms with E-state index in [0.29, 0.717) is 37.7 Å². The Morgan fingerprint density at radius 1 is 0.935 bits per heavy atom. The molecule has 2 atom stereocenters. The number of carbonyl (C=O) groups is 2. The van der Waals surface area contributed by atoms with Crippen molar-refractivity contribution in [1.29, 1.82) is 0 Å². The standard InChI is InChI=1S/C24H29ClN4O2/c1-24(2,18-6-4-3-5-7-18)23(31)29-14-12-28(13-15-29)22(30)20-16-26-27-21(20)17-8-10-19(25)11-9-17/h3-11,20-21,26-27H,12-16H2,1-2H3. The Hall–Kier alpha value is -2.41. The average molecular weight is 441 g/mol. The maximum Gasteiger partial charge on any atom is 0.232 e. The molecular weight excluding hydrogens is 412 g/mol. The number of halogens is 1. The van der Waals surface area contributed by atoms with Gasteiger partial charge in [0, 0.05) is 37.7 Å². The van der Waals surface area contributed by atoms with Crippen molar-refractivity contribution in [2.45, 2.75) is 25.3 Å². The number of benzene rings is 2. The SMILES string of the molecule is CC(C)(C(=O)N1CCN(C(=O)C2CNNC2c2ccc(Cl)cc2)CC1)c1ccccc1. The third kappa shape index (κ3) is 4.47. The number of hydrogen-bond acceptors (Lipinski definition) is 4. The molecule has 164 valence electrons. The molecule has 0 aromatic heterocycles. The largest absolute Gasteiger partial charge is 0.339 e. The fourth-order valence-corrected chi connectivity index (χ4v) is 4.58. The molecule has 2 aliphatic heterocycles. The predicted octanol–water partition coefficient (Wildman–Crippen LogP) is 2.75. The summed E-state index contributed by atoms with van der Waals surface area (Å²) in [5, 5.41) is 0.678. The zero-order valence-electron chi connectivity index (χ0n) is 18.0. The quantitative estimate of drug-likeness (QED) is 0.767. The van der Waals surface area contributed by atoms with Crippen LogP contribution in [0.4, 0.5) is 0 Å². The van der Waals surface area contributed by atoms with Crippen LogP contribution in [0.25, 0.3) is 0 Å². The Morgan fingerprint density at radius 3 is 2.19 bits per heavy atom. The summed E-state index contributed by atoms with van der Waals surface area (Å²) >= 11 is 6.01. The smallest absolute Gasteiger partial charge is 0.232 e. The topological polar surface area (TPSA) is 64.7 Å². The van der Waals surface area contributed by atoms with Gasteiger partial charge in [-0.1, -0.05) is 54.1 Å². The van der Waals surface area contributed by atoms with Crippen LogP contribution in [0.2, 0.25) is 5.02 Å². The van der Waals surface area contributed by atoms with Gasteiger partial charge in [0.2, 0.25) is 11.8 Å². The molecule has 0 spiro atoms. The molecule has 6 nitrogen and oxygen atoms in total. The van der Waals surface area contributed by atoms with Gasteiger partial charge >= 0.3 is 0 Å². The number of rotatable bonds is 4. The number of nitrogens with zero attached hydrogens (tertiary/aromatic N) is 2. The second kappa shape index (κ2) is 8.99. The van der Waals surface area contributed by atoms with Crippen LogP contribution < -0.4 is 10.9 Å². The highest BCUT2D eigenvalue weighted by Crippen LogP contribution is 2.29. The van der Waals surface area contributed by atoms with Crippen LogP contribution in [0.1, 0.15) is 31.0 Å². The van der Waals surface area contributed by atoms with Crippen LogP contribution in [0.15, 0.2) is 54.6 Å². The summed E-state index contributed by atoms with van der Waals surface area (Å²) in [7, 11) is 0. The Labute approximate surface area is 188 Å². The second-order valence-electron chi connectivity index (χ2n) is 8.77. The zero-order chi connectivity index (χ0) is 22.0. The highest BCUT2D eigenvalue weighted by molar-refractivity contribution is 6.30. The summed E-state index contributed by atoms with van der Waals surface area (Å²) in [6.07, 6.45) is 0. The molecule has 2 aromatic carbocycles. The molecule has 0 aliphatic carbocycles. The summed E-state index contributed by atoms with van der Waals surface area (Å²) < 4.78 is 0. The van der Waals surface area contributed by atoms with Crippen LogP contribution >= 0.6 is 11.6 Å². The van der Waals surface area contributed by atoms with E-state index in [4.69, 9.17) is 11.6 Å². The van der Waals surface area contributed by atoms with Crippen LogP contribution in [0, 0.1) is 5.92 Å². The third-order valence-corrected chi connectivity index (χ3v) is 6.69. The Morgan fingerprint density at radius 2 is 1.55 bits per heavy atom. The highest BCUT2D eigenvalue weighted by atomic mass is 35.5. The number of hydrogen-bond donors (Lipinski definition) is 2. The third-order valence-electron chi connectivity index (χ3n) is 6.44. The number of nitrogens with one attached hydrogen (secondary N) is 2. The molecule has 7 heteroatoms. The molecule has 2 aromatic rings. The highest BCUT2D eigenvalue weighted by Gasteiger charge is 2.39. The van der Waals surface area contributed by atoms with Gasteiger partial charge in [-0.05, 0) is 37.1 Å². The van der Waals surface area contributed by atoms with Gasteiger partial charge in [0.25, 0.3) is 0 Å². The minimum absolute atomic E-state index is 0.0959. The minimum Gasteiger partial charge on any atom is -0.339 e. The van der Waals surface area contributed by atoms with Gasteiger partial charge in [-0.2, -0.15) is 0 Å². The molecule has 2 N–H and O–H groups in total. The minimum atomic E-state index is -0.591. The molecule has 0 saturated carbocycles. The van der Waals surface area contributed by atoms with E-state index in [1.165, 1.54) is 0 Å². The van der Waals surface area contributed by atoms with Crippen LogP contribution in [0.5, 0.6) is 0 Å². The maximum absolute atomic E-state index is 13.3. The predicted molar refractivity (Wildman–Crippen MR) is 121 cm³/mol. The van der Waals surface area contributed by atoms with Crippen LogP contribution in [-0.2, 0) is 15.0 Å². The monoisotopic (exact) mass is 440 g/mol. The van der Waals surface area contributed by atoms with Crippen molar-refractivity contribution in [2.24, 2.45) is 5.92 Å². The summed E-state index contributed by atoms with van der Waals surface area (Å²) in [6, 6.07) is 17.4. The molecule has 2 unspecified atom stereocenters. The van der Waals surface area contributed by atoms with E-state index in [1.54, 1.807) is 0 Å². The second-order valence-corrected chi connectivity index (χ2v) is 9.21. The first kappa shape index (κ1) is 21.8. The Balaban J connectivity index is 1.38. The van der Waals surface area contributed by atoms with E-state index >= 15 is 0 Å². The molecule has 31 heavy (non-hydrogen) atoms. The van der Waals surface area contributed by atoms with Crippen molar-refractivity contribution in [3.05, 3.63) is 70.7 Å². The lowest BCUT2D eigenvalue weighted by Crippen LogP contribution is -2.55. The van der Waals surface area contributed by atoms with Gasteiger partial charge < -0.3 is 9.80 Å². The zero-order valence-corrected chi connectivity index (χ0v) is 18.7. The van der Waals surface area contributed by atoms with Crippen molar-refractivity contribution >= 4 is 23.4 Å². The van der Waals surface area contributed by atoms with Crippen LogP contribution in [-0.4, -0.2) is 54.3 Å². The normalized spacial score (nSPS) is 21.9. The first-order valence-electron chi connectivity index (χ1n) is 10.8. The number of piperazine rings is 1. The lowest BCUT2D eigenvalue weighted by molar-refractivity contribution is -0.144. The first-order chi connectivity index (χ1) is 14.9. The Kier molecular flexibility index (Phi) is 6.32. The molecule has 0 radical (unpaired) electrons. The summed E-state index contributed by atoms with van der Waals surface area (Å²) in [6.45, 7) is 6.73. The van der Waals surface area contributed by atoms with Gasteiger partial charge in [0.05, 0.1) is 17.4 Å². The lowest BCUT2D eigenvalue weighted by atomic mass is 9.83. The van der Waals surface area contributed by atoms with E-state index in [2.05, 4.69) is 10.9 Å². The molecule has 2 saturated heterocycles. The summed E-state index contributed by atoms with van der Waals surface area (Å²) in [5.41, 5.74) is 7.80. The van der Waals surface area contributed by atoms with Crippen molar-refractivity contribution in [1.82, 2.24) is 20.7 Å². The van der Waals surface area contributed by atoms with Gasteiger partial charge in [-0.25, -0.2) is 5.43 Å². The van der Waals surface area contributed by atoms with Crippen molar-refractivity contribution < 1.29 is 9.59 Å². The molecule has 4 rings (SSSR count). The van der Waals surface area contributed by atoms with E-state index in [-0.39, 0.29) is 23.8 Å². The number of amides is 2. The van der Waals surface area contributed by atoms with Gasteiger partial charge in [0.1, 0.15) is 0 Å². The van der Waals surface area contributed by atoms with Gasteiger partial charge in [0.15, 0.2) is 0 Å². The van der Waals surface area contributed by atoms with Gasteiger partial charge in [-0.15, -0.1) is 0 Å². The summed E-state index contributed by atoms with van der Waals surface area (Å²) in [4.78, 5) is 30.2. The van der Waals surface area contributed by atoms with Crippen LogP contribution in [0.3, 0.4) is 0 Å². The molecule has 0 bridgehead atoms. The van der Waals surface area contributed by atoms with E-state index < -0.39 is 5.41 Å². The lowest BCUT2D eigenvalue weighted by Gasteiger charge is -2.39. The Bertz CT molecular complexity index is 924. The van der Waals surface area contributed by atoms with E-state index in [9.17, 15) is 9.59 Å². The number of carbonyl (C=O) groups excluding carboxylic acids is 2. The van der Waals surface area contributed by atoms with Gasteiger partial charge in [-0.3, -0.25) is 15.0 Å². The fraction of sp³-hybridized carbons (Fsp3) is 0.417. The molecular formula is C24H29ClN4O2. The molecule has 2 aliphatic rings. The number of hydrazine groups is 1. The summed E-state index contributed by atoms with van der Waals surface area (Å²) in [5.74, 6) is 0.0325. The maximum atomic E-state index is 13.3. The average Bonchev–Trinajstić information content (AvgIpc) is 3.29. The van der Waals surface area contributed by atoms with E-state index in [0.717, 1.165) is 11.1 Å². The van der Waals surface area contributed by atoms with E-state index in [1.807, 2.05) is 78.2 Å². The van der Waals surface area contributed by atoms with Crippen molar-refractivity contribution in [3.8, 4) is 0 Å². The molecule has 2 fully saturated rings.